The van der Waals surface area contributed by atoms with Crippen LogP contribution in [0.3, 0.4) is 0 Å². The van der Waals surface area contributed by atoms with Gasteiger partial charge in [0.05, 0.1) is 17.6 Å². The second-order valence-corrected chi connectivity index (χ2v) is 6.91. The topological polar surface area (TPSA) is 61.8 Å². The van der Waals surface area contributed by atoms with Crippen molar-refractivity contribution in [3.05, 3.63) is 29.8 Å². The molecule has 118 valence electrons. The van der Waals surface area contributed by atoms with Gasteiger partial charge in [-0.15, -0.1) is 0 Å². The molecule has 1 fully saturated rings. The molecule has 2 atom stereocenters. The molecule has 2 rings (SSSR count). The van der Waals surface area contributed by atoms with Crippen molar-refractivity contribution in [1.29, 1.82) is 0 Å². The maximum absolute atomic E-state index is 12.0. The Bertz CT molecular complexity index is 532. The molecule has 1 aliphatic rings. The van der Waals surface area contributed by atoms with Crippen molar-refractivity contribution in [2.75, 3.05) is 13.2 Å². The molecule has 0 N–H and O–H groups in total. The molecule has 5 nitrogen and oxygen atoms in total. The lowest BCUT2D eigenvalue weighted by molar-refractivity contribution is -0.188. The molecule has 1 aromatic carbocycles. The minimum absolute atomic E-state index is 0.0178. The van der Waals surface area contributed by atoms with Crippen LogP contribution in [0.1, 0.15) is 31.7 Å². The Kier molecular flexibility index (Phi) is 5.75. The molecule has 0 spiro atoms. The van der Waals surface area contributed by atoms with Crippen LogP contribution in [0, 0.1) is 6.92 Å². The van der Waals surface area contributed by atoms with E-state index in [9.17, 15) is 8.42 Å². The average molecular weight is 314 g/mol. The zero-order valence-corrected chi connectivity index (χ0v) is 13.3. The van der Waals surface area contributed by atoms with Crippen LogP contribution < -0.4 is 0 Å². The molecule has 1 aromatic rings. The van der Waals surface area contributed by atoms with E-state index in [0.717, 1.165) is 24.8 Å². The third-order valence-electron chi connectivity index (χ3n) is 3.29. The van der Waals surface area contributed by atoms with Gasteiger partial charge in [0, 0.05) is 6.61 Å². The molecule has 0 amide bonds. The Labute approximate surface area is 126 Å². The fourth-order valence-electron chi connectivity index (χ4n) is 2.08. The zero-order valence-electron chi connectivity index (χ0n) is 12.4. The van der Waals surface area contributed by atoms with Gasteiger partial charge < -0.3 is 9.47 Å². The highest BCUT2D eigenvalue weighted by molar-refractivity contribution is 7.86. The van der Waals surface area contributed by atoms with Crippen molar-refractivity contribution in [1.82, 2.24) is 0 Å². The summed E-state index contributed by atoms with van der Waals surface area (Å²) in [5, 5.41) is 0. The molecular formula is C15H22O5S. The molecule has 0 radical (unpaired) electrons. The molecule has 0 aromatic heterocycles. The van der Waals surface area contributed by atoms with Crippen LogP contribution in [-0.2, 0) is 23.8 Å². The second kappa shape index (κ2) is 7.35. The summed E-state index contributed by atoms with van der Waals surface area (Å²) >= 11 is 0. The van der Waals surface area contributed by atoms with Gasteiger partial charge in [-0.1, -0.05) is 17.7 Å². The van der Waals surface area contributed by atoms with Gasteiger partial charge >= 0.3 is 0 Å². The summed E-state index contributed by atoms with van der Waals surface area (Å²) in [6.45, 7) is 4.36. The molecule has 1 heterocycles. The van der Waals surface area contributed by atoms with Gasteiger partial charge in [0.1, 0.15) is 0 Å². The first-order valence-corrected chi connectivity index (χ1v) is 8.61. The van der Waals surface area contributed by atoms with E-state index in [1.54, 1.807) is 31.2 Å². The highest BCUT2D eigenvalue weighted by Crippen LogP contribution is 2.17. The summed E-state index contributed by atoms with van der Waals surface area (Å²) in [6, 6.07) is 6.57. The molecule has 0 saturated carbocycles. The largest absolute Gasteiger partial charge is 0.353 e. The van der Waals surface area contributed by atoms with E-state index in [2.05, 4.69) is 0 Å². The molecule has 6 heteroatoms. The van der Waals surface area contributed by atoms with Crippen LogP contribution in [0.4, 0.5) is 0 Å². The lowest BCUT2D eigenvalue weighted by Gasteiger charge is -2.25. The average Bonchev–Trinajstić information content (AvgIpc) is 2.47. The predicted molar refractivity (Wildman–Crippen MR) is 78.5 cm³/mol. The molecule has 0 bridgehead atoms. The van der Waals surface area contributed by atoms with Crippen LogP contribution in [-0.4, -0.2) is 34.0 Å². The number of rotatable bonds is 6. The zero-order chi connectivity index (χ0) is 15.3. The number of aryl methyl sites for hydroxylation is 1. The minimum Gasteiger partial charge on any atom is -0.353 e. The third kappa shape index (κ3) is 5.07. The molecule has 1 saturated heterocycles. The molecule has 0 aliphatic carbocycles. The molecule has 21 heavy (non-hydrogen) atoms. The van der Waals surface area contributed by atoms with Crippen molar-refractivity contribution >= 4 is 10.1 Å². The van der Waals surface area contributed by atoms with Crippen LogP contribution in [0.2, 0.25) is 0 Å². The van der Waals surface area contributed by atoms with E-state index in [1.807, 2.05) is 6.92 Å². The van der Waals surface area contributed by atoms with E-state index in [-0.39, 0.29) is 23.9 Å². The second-order valence-electron chi connectivity index (χ2n) is 5.29. The first-order valence-electron chi connectivity index (χ1n) is 7.20. The van der Waals surface area contributed by atoms with E-state index < -0.39 is 10.1 Å². The highest BCUT2D eigenvalue weighted by Gasteiger charge is 2.20. The fourth-order valence-corrected chi connectivity index (χ4v) is 3.05. The van der Waals surface area contributed by atoms with Gasteiger partial charge in [-0.3, -0.25) is 4.18 Å². The van der Waals surface area contributed by atoms with E-state index >= 15 is 0 Å². The van der Waals surface area contributed by atoms with Crippen molar-refractivity contribution < 1.29 is 22.1 Å². The summed E-state index contributed by atoms with van der Waals surface area (Å²) < 4.78 is 40.2. The van der Waals surface area contributed by atoms with Crippen molar-refractivity contribution in [3.8, 4) is 0 Å². The first-order chi connectivity index (χ1) is 9.97. The molecule has 1 aliphatic heterocycles. The van der Waals surface area contributed by atoms with Gasteiger partial charge in [0.25, 0.3) is 10.1 Å². The standard InChI is InChI=1S/C15H22O5S/c1-12-6-8-14(9-7-12)21(16,17)19-11-13(2)20-15-5-3-4-10-18-15/h6-9,13,15H,3-5,10-11H2,1-2H3/t13-,15+/m0/s1. The Hall–Kier alpha value is -0.950. The number of benzene rings is 1. The predicted octanol–water partition coefficient (Wildman–Crippen LogP) is 2.63. The first kappa shape index (κ1) is 16.4. The smallest absolute Gasteiger partial charge is 0.297 e. The lowest BCUT2D eigenvalue weighted by Crippen LogP contribution is -2.29. The van der Waals surface area contributed by atoms with Crippen LogP contribution in [0.25, 0.3) is 0 Å². The lowest BCUT2D eigenvalue weighted by atomic mass is 10.2. The van der Waals surface area contributed by atoms with Crippen molar-refractivity contribution in [2.24, 2.45) is 0 Å². The quantitative estimate of drug-likeness (QED) is 0.755. The van der Waals surface area contributed by atoms with Gasteiger partial charge in [0.15, 0.2) is 6.29 Å². The maximum atomic E-state index is 12.0. The minimum atomic E-state index is -3.73. The van der Waals surface area contributed by atoms with Crippen LogP contribution in [0.5, 0.6) is 0 Å². The van der Waals surface area contributed by atoms with E-state index in [0.29, 0.717) is 6.61 Å². The van der Waals surface area contributed by atoms with Crippen molar-refractivity contribution in [3.63, 3.8) is 0 Å². The summed E-state index contributed by atoms with van der Waals surface area (Å²) in [6.07, 6.45) is 2.37. The van der Waals surface area contributed by atoms with E-state index in [4.69, 9.17) is 13.7 Å². The number of hydrogen-bond acceptors (Lipinski definition) is 5. The Morgan fingerprint density at radius 2 is 2.00 bits per heavy atom. The van der Waals surface area contributed by atoms with Gasteiger partial charge in [-0.25, -0.2) is 0 Å². The maximum Gasteiger partial charge on any atom is 0.297 e. The summed E-state index contributed by atoms with van der Waals surface area (Å²) in [7, 11) is -3.73. The van der Waals surface area contributed by atoms with Gasteiger partial charge in [-0.05, 0) is 45.2 Å². The SMILES string of the molecule is Cc1ccc(S(=O)(=O)OC[C@H](C)O[C@@H]2CCCCO2)cc1. The fraction of sp³-hybridized carbons (Fsp3) is 0.600. The highest BCUT2D eigenvalue weighted by atomic mass is 32.2. The summed E-state index contributed by atoms with van der Waals surface area (Å²) in [5.74, 6) is 0. The number of ether oxygens (including phenoxy) is 2. The normalized spacial score (nSPS) is 21.1. The van der Waals surface area contributed by atoms with Gasteiger partial charge in [-0.2, -0.15) is 8.42 Å². The molecule has 0 unspecified atom stereocenters. The van der Waals surface area contributed by atoms with Gasteiger partial charge in [0.2, 0.25) is 0 Å². The van der Waals surface area contributed by atoms with Crippen LogP contribution in [0.15, 0.2) is 29.2 Å². The Morgan fingerprint density at radius 3 is 2.62 bits per heavy atom. The summed E-state index contributed by atoms with van der Waals surface area (Å²) in [4.78, 5) is 0.161. The van der Waals surface area contributed by atoms with Crippen LogP contribution >= 0.6 is 0 Å². The number of hydrogen-bond donors (Lipinski definition) is 0. The van der Waals surface area contributed by atoms with E-state index in [1.165, 1.54) is 0 Å². The Balaban J connectivity index is 1.84. The third-order valence-corrected chi connectivity index (χ3v) is 4.59. The molecular weight excluding hydrogens is 292 g/mol. The summed E-state index contributed by atoms with van der Waals surface area (Å²) in [5.41, 5.74) is 1.00. The van der Waals surface area contributed by atoms with Crippen molar-refractivity contribution in [2.45, 2.75) is 50.4 Å². The Morgan fingerprint density at radius 1 is 1.29 bits per heavy atom. The monoisotopic (exact) mass is 314 g/mol.